The number of ether oxygens (including phenoxy) is 2. The van der Waals surface area contributed by atoms with Crippen molar-refractivity contribution in [3.63, 3.8) is 0 Å². The van der Waals surface area contributed by atoms with Crippen molar-refractivity contribution in [1.82, 2.24) is 10.6 Å². The van der Waals surface area contributed by atoms with Crippen LogP contribution >= 0.6 is 0 Å². The zero-order chi connectivity index (χ0) is 15.0. The molecule has 0 bridgehead atoms. The van der Waals surface area contributed by atoms with Gasteiger partial charge in [-0.05, 0) is 38.8 Å². The van der Waals surface area contributed by atoms with Crippen LogP contribution in [0.25, 0.3) is 0 Å². The molecule has 0 atom stereocenters. The summed E-state index contributed by atoms with van der Waals surface area (Å²) in [4.78, 5) is 12.5. The molecule has 1 heterocycles. The van der Waals surface area contributed by atoms with Crippen molar-refractivity contribution in [2.24, 2.45) is 5.41 Å². The molecule has 2 aliphatic rings. The van der Waals surface area contributed by atoms with Crippen LogP contribution in [-0.2, 0) is 14.3 Å². The Bertz CT molecular complexity index is 305. The molecule has 0 spiro atoms. The number of carbonyl (C=O) groups is 1. The second-order valence-electron chi connectivity index (χ2n) is 6.35. The number of hydrogen-bond donors (Lipinski definition) is 2. The van der Waals surface area contributed by atoms with Crippen LogP contribution in [0.1, 0.15) is 44.9 Å². The summed E-state index contributed by atoms with van der Waals surface area (Å²) in [5.41, 5.74) is -0.356. The normalized spacial score (nSPS) is 22.9. The zero-order valence-corrected chi connectivity index (χ0v) is 13.3. The molecule has 5 heteroatoms. The van der Waals surface area contributed by atoms with Crippen LogP contribution in [0.4, 0.5) is 0 Å². The molecule has 2 fully saturated rings. The second-order valence-corrected chi connectivity index (χ2v) is 6.35. The highest BCUT2D eigenvalue weighted by Gasteiger charge is 2.39. The van der Waals surface area contributed by atoms with Crippen molar-refractivity contribution in [3.8, 4) is 0 Å². The van der Waals surface area contributed by atoms with Crippen LogP contribution in [0.2, 0.25) is 0 Å². The number of piperidine rings is 1. The monoisotopic (exact) mass is 298 g/mol. The first-order valence-electron chi connectivity index (χ1n) is 8.36. The fraction of sp³-hybridized carbons (Fsp3) is 0.938. The highest BCUT2D eigenvalue weighted by Crippen LogP contribution is 2.29. The molecule has 0 aromatic carbocycles. The average Bonchev–Trinajstić information content (AvgIpc) is 2.53. The summed E-state index contributed by atoms with van der Waals surface area (Å²) in [5, 5.41) is 6.35. The van der Waals surface area contributed by atoms with Crippen LogP contribution < -0.4 is 10.6 Å². The predicted octanol–water partition coefficient (Wildman–Crippen LogP) is 1.47. The summed E-state index contributed by atoms with van der Waals surface area (Å²) in [7, 11) is 1.67. The summed E-state index contributed by atoms with van der Waals surface area (Å²) in [6, 6.07) is 0. The van der Waals surface area contributed by atoms with Crippen molar-refractivity contribution in [2.75, 3.05) is 40.0 Å². The van der Waals surface area contributed by atoms with E-state index in [1.165, 1.54) is 32.1 Å². The quantitative estimate of drug-likeness (QED) is 0.699. The van der Waals surface area contributed by atoms with Gasteiger partial charge in [-0.1, -0.05) is 19.3 Å². The Morgan fingerprint density at radius 3 is 2.62 bits per heavy atom. The standard InChI is InChI=1S/C16H30N2O3/c1-20-13-16(7-9-17-10-8-16)15(19)18-11-12-21-14-5-3-2-4-6-14/h14,17H,2-13H2,1H3,(H,18,19). The Hall–Kier alpha value is -0.650. The van der Waals surface area contributed by atoms with E-state index in [1.807, 2.05) is 0 Å². The third-order valence-electron chi connectivity index (χ3n) is 4.76. The lowest BCUT2D eigenvalue weighted by Gasteiger charge is -2.35. The molecule has 2 N–H and O–H groups in total. The molecule has 1 saturated carbocycles. The fourth-order valence-corrected chi connectivity index (χ4v) is 3.43. The summed E-state index contributed by atoms with van der Waals surface area (Å²) in [6.07, 6.45) is 8.33. The van der Waals surface area contributed by atoms with Crippen LogP contribution in [0, 0.1) is 5.41 Å². The first-order valence-corrected chi connectivity index (χ1v) is 8.36. The zero-order valence-electron chi connectivity index (χ0n) is 13.3. The molecule has 2 rings (SSSR count). The molecule has 0 radical (unpaired) electrons. The summed E-state index contributed by atoms with van der Waals surface area (Å²) in [5.74, 6) is 0.123. The number of carbonyl (C=O) groups excluding carboxylic acids is 1. The van der Waals surface area contributed by atoms with E-state index in [-0.39, 0.29) is 11.3 Å². The Balaban J connectivity index is 1.69. The minimum absolute atomic E-state index is 0.123. The number of rotatable bonds is 7. The Labute approximate surface area is 128 Å². The van der Waals surface area contributed by atoms with Gasteiger partial charge in [-0.3, -0.25) is 4.79 Å². The van der Waals surface area contributed by atoms with Gasteiger partial charge in [-0.25, -0.2) is 0 Å². The minimum atomic E-state index is -0.356. The maximum atomic E-state index is 12.5. The van der Waals surface area contributed by atoms with Gasteiger partial charge < -0.3 is 20.1 Å². The molecule has 21 heavy (non-hydrogen) atoms. The summed E-state index contributed by atoms with van der Waals surface area (Å²) < 4.78 is 11.1. The SMILES string of the molecule is COCC1(C(=O)NCCOC2CCCCC2)CCNCC1. The summed E-state index contributed by atoms with van der Waals surface area (Å²) >= 11 is 0. The average molecular weight is 298 g/mol. The van der Waals surface area contributed by atoms with E-state index in [0.717, 1.165) is 25.9 Å². The number of hydrogen-bond acceptors (Lipinski definition) is 4. The third-order valence-corrected chi connectivity index (χ3v) is 4.76. The van der Waals surface area contributed by atoms with E-state index in [0.29, 0.717) is 25.9 Å². The first-order chi connectivity index (χ1) is 10.3. The van der Waals surface area contributed by atoms with Crippen molar-refractivity contribution in [1.29, 1.82) is 0 Å². The largest absolute Gasteiger partial charge is 0.384 e. The van der Waals surface area contributed by atoms with Gasteiger partial charge >= 0.3 is 0 Å². The van der Waals surface area contributed by atoms with E-state index in [4.69, 9.17) is 9.47 Å². The molecule has 0 unspecified atom stereocenters. The lowest BCUT2D eigenvalue weighted by Crippen LogP contribution is -2.50. The van der Waals surface area contributed by atoms with Gasteiger partial charge in [-0.2, -0.15) is 0 Å². The Morgan fingerprint density at radius 1 is 1.24 bits per heavy atom. The van der Waals surface area contributed by atoms with Crippen molar-refractivity contribution < 1.29 is 14.3 Å². The Kier molecular flexibility index (Phi) is 6.93. The molecule has 0 aromatic rings. The fourth-order valence-electron chi connectivity index (χ4n) is 3.43. The maximum absolute atomic E-state index is 12.5. The smallest absolute Gasteiger partial charge is 0.228 e. The molecule has 1 aliphatic heterocycles. The molecule has 122 valence electrons. The van der Waals surface area contributed by atoms with Gasteiger partial charge in [0, 0.05) is 13.7 Å². The lowest BCUT2D eigenvalue weighted by atomic mass is 9.78. The molecule has 1 aliphatic carbocycles. The number of nitrogens with one attached hydrogen (secondary N) is 2. The summed E-state index contributed by atoms with van der Waals surface area (Å²) in [6.45, 7) is 3.50. The lowest BCUT2D eigenvalue weighted by molar-refractivity contribution is -0.136. The molecule has 1 saturated heterocycles. The Morgan fingerprint density at radius 2 is 1.95 bits per heavy atom. The van der Waals surface area contributed by atoms with E-state index in [1.54, 1.807) is 7.11 Å². The van der Waals surface area contributed by atoms with Crippen molar-refractivity contribution >= 4 is 5.91 Å². The second kappa shape index (κ2) is 8.71. The van der Waals surface area contributed by atoms with E-state index < -0.39 is 0 Å². The van der Waals surface area contributed by atoms with Crippen LogP contribution in [0.5, 0.6) is 0 Å². The van der Waals surface area contributed by atoms with Crippen LogP contribution in [-0.4, -0.2) is 52.0 Å². The van der Waals surface area contributed by atoms with Gasteiger partial charge in [0.05, 0.1) is 24.7 Å². The number of methoxy groups -OCH3 is 1. The van der Waals surface area contributed by atoms with Crippen molar-refractivity contribution in [3.05, 3.63) is 0 Å². The minimum Gasteiger partial charge on any atom is -0.384 e. The molecule has 0 aromatic heterocycles. The molecule has 1 amide bonds. The van der Waals surface area contributed by atoms with Gasteiger partial charge in [0.1, 0.15) is 0 Å². The third kappa shape index (κ3) is 4.94. The van der Waals surface area contributed by atoms with Gasteiger partial charge in [-0.15, -0.1) is 0 Å². The van der Waals surface area contributed by atoms with Gasteiger partial charge in [0.15, 0.2) is 0 Å². The predicted molar refractivity (Wildman–Crippen MR) is 82.2 cm³/mol. The first kappa shape index (κ1) is 16.7. The topological polar surface area (TPSA) is 59.6 Å². The molecular weight excluding hydrogens is 268 g/mol. The van der Waals surface area contributed by atoms with E-state index in [2.05, 4.69) is 10.6 Å². The highest BCUT2D eigenvalue weighted by atomic mass is 16.5. The van der Waals surface area contributed by atoms with Crippen LogP contribution in [0.15, 0.2) is 0 Å². The van der Waals surface area contributed by atoms with Gasteiger partial charge in [0.25, 0.3) is 0 Å². The number of amides is 1. The van der Waals surface area contributed by atoms with E-state index in [9.17, 15) is 4.79 Å². The van der Waals surface area contributed by atoms with Crippen LogP contribution in [0.3, 0.4) is 0 Å². The maximum Gasteiger partial charge on any atom is 0.228 e. The van der Waals surface area contributed by atoms with Gasteiger partial charge in [0.2, 0.25) is 5.91 Å². The highest BCUT2D eigenvalue weighted by molar-refractivity contribution is 5.83. The van der Waals surface area contributed by atoms with E-state index >= 15 is 0 Å². The van der Waals surface area contributed by atoms with Crippen molar-refractivity contribution in [2.45, 2.75) is 51.0 Å². The molecule has 5 nitrogen and oxygen atoms in total. The molecular formula is C16H30N2O3.